The van der Waals surface area contributed by atoms with Gasteiger partial charge in [-0.2, -0.15) is 0 Å². The van der Waals surface area contributed by atoms with Gasteiger partial charge in [0.15, 0.2) is 11.5 Å². The van der Waals surface area contributed by atoms with Gasteiger partial charge in [0.25, 0.3) is 0 Å². The molecule has 0 radical (unpaired) electrons. The van der Waals surface area contributed by atoms with Gasteiger partial charge in [-0.3, -0.25) is 9.69 Å². The Balaban J connectivity index is 1.32. The summed E-state index contributed by atoms with van der Waals surface area (Å²) in [6.45, 7) is 2.96. The molecule has 0 fully saturated rings. The maximum Gasteiger partial charge on any atom is 0.238 e. The maximum atomic E-state index is 12.4. The van der Waals surface area contributed by atoms with Gasteiger partial charge in [0, 0.05) is 24.8 Å². The van der Waals surface area contributed by atoms with Gasteiger partial charge in [-0.25, -0.2) is 0 Å². The van der Waals surface area contributed by atoms with Gasteiger partial charge in [-0.1, -0.05) is 18.2 Å². The first kappa shape index (κ1) is 17.4. The molecule has 2 heterocycles. The number of benzene rings is 2. The van der Waals surface area contributed by atoms with Crippen LogP contribution in [-0.2, 0) is 4.79 Å². The average Bonchev–Trinajstić information content (AvgIpc) is 2.69. The minimum absolute atomic E-state index is 0.0480. The molecule has 2 aromatic rings. The summed E-state index contributed by atoms with van der Waals surface area (Å²) in [6.07, 6.45) is 3.02. The van der Waals surface area contributed by atoms with Crippen molar-refractivity contribution in [2.45, 2.75) is 6.42 Å². The largest absolute Gasteiger partial charge is 0.508 e. The van der Waals surface area contributed by atoms with Crippen LogP contribution in [0.3, 0.4) is 0 Å². The molecule has 4 rings (SSSR count). The van der Waals surface area contributed by atoms with E-state index in [9.17, 15) is 9.90 Å². The molecule has 0 spiro atoms. The fourth-order valence-electron chi connectivity index (χ4n) is 3.32. The second kappa shape index (κ2) is 7.72. The van der Waals surface area contributed by atoms with Crippen molar-refractivity contribution in [3.63, 3.8) is 0 Å². The minimum Gasteiger partial charge on any atom is -0.508 e. The van der Waals surface area contributed by atoms with E-state index >= 15 is 0 Å². The summed E-state index contributed by atoms with van der Waals surface area (Å²) in [5, 5.41) is 12.3. The fourth-order valence-corrected chi connectivity index (χ4v) is 3.32. The van der Waals surface area contributed by atoms with E-state index < -0.39 is 0 Å². The van der Waals surface area contributed by atoms with Crippen LogP contribution >= 0.6 is 0 Å². The lowest BCUT2D eigenvalue weighted by atomic mass is 9.99. The number of nitrogens with zero attached hydrogens (tertiary/aromatic N) is 1. The van der Waals surface area contributed by atoms with Crippen LogP contribution in [0.5, 0.6) is 17.2 Å². The normalized spacial score (nSPS) is 16.5. The number of amides is 1. The topological polar surface area (TPSA) is 71.0 Å². The minimum atomic E-state index is -0.0480. The molecule has 2 aromatic carbocycles. The maximum absolute atomic E-state index is 12.4. The highest BCUT2D eigenvalue weighted by Crippen LogP contribution is 2.32. The Bertz CT molecular complexity index is 861. The van der Waals surface area contributed by atoms with Crippen molar-refractivity contribution in [2.24, 2.45) is 0 Å². The van der Waals surface area contributed by atoms with E-state index in [4.69, 9.17) is 9.47 Å². The van der Waals surface area contributed by atoms with Crippen LogP contribution < -0.4 is 14.8 Å². The first-order valence-corrected chi connectivity index (χ1v) is 9.08. The summed E-state index contributed by atoms with van der Waals surface area (Å²) >= 11 is 0. The van der Waals surface area contributed by atoms with Crippen molar-refractivity contribution in [1.82, 2.24) is 4.90 Å². The predicted molar refractivity (Wildman–Crippen MR) is 103 cm³/mol. The fraction of sp³-hybridized carbons (Fsp3) is 0.286. The highest BCUT2D eigenvalue weighted by molar-refractivity contribution is 5.92. The van der Waals surface area contributed by atoms with E-state index in [1.807, 2.05) is 24.3 Å². The summed E-state index contributed by atoms with van der Waals surface area (Å²) in [7, 11) is 0. The molecule has 0 aliphatic carbocycles. The van der Waals surface area contributed by atoms with Crippen LogP contribution in [0.25, 0.3) is 5.57 Å². The lowest BCUT2D eigenvalue weighted by Crippen LogP contribution is -2.36. The van der Waals surface area contributed by atoms with Crippen LogP contribution in [0.4, 0.5) is 5.69 Å². The molecular formula is C21H22N2O4. The molecule has 27 heavy (non-hydrogen) atoms. The SMILES string of the molecule is O=C(CN1CC=C(c2ccc(O)cc2)CC1)Nc1ccc2c(c1)OCCO2. The van der Waals surface area contributed by atoms with Crippen molar-refractivity contribution in [2.75, 3.05) is 38.2 Å². The number of rotatable bonds is 4. The summed E-state index contributed by atoms with van der Waals surface area (Å²) in [6, 6.07) is 12.7. The second-order valence-corrected chi connectivity index (χ2v) is 6.67. The van der Waals surface area contributed by atoms with Crippen LogP contribution in [-0.4, -0.2) is 48.8 Å². The number of hydrogen-bond donors (Lipinski definition) is 2. The molecule has 0 atom stereocenters. The van der Waals surface area contributed by atoms with Crippen LogP contribution in [0.15, 0.2) is 48.5 Å². The van der Waals surface area contributed by atoms with Crippen molar-refractivity contribution >= 4 is 17.2 Å². The third-order valence-corrected chi connectivity index (χ3v) is 4.72. The number of carbonyl (C=O) groups is 1. The number of fused-ring (bicyclic) bond motifs is 1. The van der Waals surface area contributed by atoms with E-state index in [1.54, 1.807) is 18.2 Å². The Labute approximate surface area is 158 Å². The average molecular weight is 366 g/mol. The summed E-state index contributed by atoms with van der Waals surface area (Å²) < 4.78 is 11.0. The zero-order chi connectivity index (χ0) is 18.6. The van der Waals surface area contributed by atoms with Gasteiger partial charge in [0.1, 0.15) is 19.0 Å². The van der Waals surface area contributed by atoms with Gasteiger partial charge in [0.05, 0.1) is 6.54 Å². The summed E-state index contributed by atoms with van der Waals surface area (Å²) in [5.41, 5.74) is 3.08. The lowest BCUT2D eigenvalue weighted by Gasteiger charge is -2.26. The predicted octanol–water partition coefficient (Wildman–Crippen LogP) is 2.89. The number of phenols is 1. The van der Waals surface area contributed by atoms with Crippen molar-refractivity contribution in [3.05, 3.63) is 54.1 Å². The monoisotopic (exact) mass is 366 g/mol. The van der Waals surface area contributed by atoms with E-state index in [-0.39, 0.29) is 11.7 Å². The van der Waals surface area contributed by atoms with Crippen LogP contribution in [0.2, 0.25) is 0 Å². The first-order chi connectivity index (χ1) is 13.2. The Kier molecular flexibility index (Phi) is 4.98. The van der Waals surface area contributed by atoms with E-state index in [2.05, 4.69) is 16.3 Å². The molecule has 2 aliphatic rings. The number of nitrogens with one attached hydrogen (secondary N) is 1. The zero-order valence-electron chi connectivity index (χ0n) is 15.0. The van der Waals surface area contributed by atoms with Crippen molar-refractivity contribution < 1.29 is 19.4 Å². The molecule has 2 N–H and O–H groups in total. The van der Waals surface area contributed by atoms with Gasteiger partial charge in [-0.05, 0) is 41.8 Å². The Morgan fingerprint density at radius 1 is 1.07 bits per heavy atom. The molecule has 0 bridgehead atoms. The third kappa shape index (κ3) is 4.23. The first-order valence-electron chi connectivity index (χ1n) is 9.08. The molecular weight excluding hydrogens is 344 g/mol. The smallest absolute Gasteiger partial charge is 0.238 e. The third-order valence-electron chi connectivity index (χ3n) is 4.72. The molecule has 2 aliphatic heterocycles. The molecule has 140 valence electrons. The zero-order valence-corrected chi connectivity index (χ0v) is 15.0. The Morgan fingerprint density at radius 2 is 1.85 bits per heavy atom. The number of hydrogen-bond acceptors (Lipinski definition) is 5. The molecule has 0 saturated carbocycles. The number of anilines is 1. The quantitative estimate of drug-likeness (QED) is 0.871. The molecule has 0 aromatic heterocycles. The van der Waals surface area contributed by atoms with E-state index in [1.165, 1.54) is 5.57 Å². The van der Waals surface area contributed by atoms with Gasteiger partial charge >= 0.3 is 0 Å². The van der Waals surface area contributed by atoms with E-state index in [0.717, 1.165) is 25.1 Å². The molecule has 1 amide bonds. The summed E-state index contributed by atoms with van der Waals surface area (Å²) in [4.78, 5) is 14.5. The van der Waals surface area contributed by atoms with E-state index in [0.29, 0.717) is 36.9 Å². The van der Waals surface area contributed by atoms with Gasteiger partial charge < -0.3 is 19.9 Å². The molecule has 0 saturated heterocycles. The highest BCUT2D eigenvalue weighted by Gasteiger charge is 2.17. The number of ether oxygens (including phenoxy) is 2. The number of carbonyl (C=O) groups excluding carboxylic acids is 1. The number of phenolic OH excluding ortho intramolecular Hbond substituents is 1. The standard InChI is InChI=1S/C21H22N2O4/c24-18-4-1-15(2-5-18)16-7-9-23(10-8-16)14-21(25)22-17-3-6-19-20(13-17)27-12-11-26-19/h1-7,13,24H,8-12,14H2,(H,22,25). The summed E-state index contributed by atoms with van der Waals surface area (Å²) in [5.74, 6) is 1.60. The second-order valence-electron chi connectivity index (χ2n) is 6.67. The molecule has 0 unspecified atom stereocenters. The molecule has 6 heteroatoms. The van der Waals surface area contributed by atoms with Gasteiger partial charge in [0.2, 0.25) is 5.91 Å². The highest BCUT2D eigenvalue weighted by atomic mass is 16.6. The molecule has 6 nitrogen and oxygen atoms in total. The lowest BCUT2D eigenvalue weighted by molar-refractivity contribution is -0.117. The number of aromatic hydroxyl groups is 1. The van der Waals surface area contributed by atoms with Crippen molar-refractivity contribution in [3.8, 4) is 17.2 Å². The van der Waals surface area contributed by atoms with Crippen LogP contribution in [0, 0.1) is 0 Å². The Morgan fingerprint density at radius 3 is 2.59 bits per heavy atom. The Hall–Kier alpha value is -2.99. The van der Waals surface area contributed by atoms with Gasteiger partial charge in [-0.15, -0.1) is 0 Å². The van der Waals surface area contributed by atoms with Crippen molar-refractivity contribution in [1.29, 1.82) is 0 Å². The van der Waals surface area contributed by atoms with Crippen LogP contribution in [0.1, 0.15) is 12.0 Å².